The SMILES string of the molecule is [N-]=[N+]=NCC(=O)Nc1nccs1. The first-order valence-corrected chi connectivity index (χ1v) is 3.91. The standard InChI is InChI=1S/C5H5N5OS/c6-10-8-3-4(11)9-5-7-1-2-12-5/h1-2H,3H2,(H,7,9,11). The highest BCUT2D eigenvalue weighted by molar-refractivity contribution is 7.13. The van der Waals surface area contributed by atoms with Gasteiger partial charge in [-0.15, -0.1) is 11.3 Å². The van der Waals surface area contributed by atoms with Crippen molar-refractivity contribution in [1.82, 2.24) is 4.98 Å². The van der Waals surface area contributed by atoms with Crippen molar-refractivity contribution < 1.29 is 4.79 Å². The third-order valence-electron chi connectivity index (χ3n) is 0.956. The van der Waals surface area contributed by atoms with Crippen LogP contribution in [-0.4, -0.2) is 17.4 Å². The zero-order valence-corrected chi connectivity index (χ0v) is 6.78. The number of amides is 1. The van der Waals surface area contributed by atoms with Crippen LogP contribution >= 0.6 is 11.3 Å². The highest BCUT2D eigenvalue weighted by Gasteiger charge is 2.00. The van der Waals surface area contributed by atoms with Gasteiger partial charge >= 0.3 is 0 Å². The lowest BCUT2D eigenvalue weighted by molar-refractivity contribution is -0.114. The minimum atomic E-state index is -0.359. The maximum Gasteiger partial charge on any atom is 0.232 e. The van der Waals surface area contributed by atoms with Gasteiger partial charge < -0.3 is 5.32 Å². The van der Waals surface area contributed by atoms with Crippen LogP contribution in [0.4, 0.5) is 5.13 Å². The van der Waals surface area contributed by atoms with Crippen molar-refractivity contribution >= 4 is 22.4 Å². The molecule has 1 rings (SSSR count). The number of rotatable bonds is 3. The van der Waals surface area contributed by atoms with E-state index in [1.807, 2.05) is 0 Å². The van der Waals surface area contributed by atoms with Gasteiger partial charge in [-0.2, -0.15) is 0 Å². The lowest BCUT2D eigenvalue weighted by Crippen LogP contribution is -2.13. The summed E-state index contributed by atoms with van der Waals surface area (Å²) in [5, 5.41) is 7.80. The number of thiazole rings is 1. The van der Waals surface area contributed by atoms with E-state index in [2.05, 4.69) is 20.3 Å². The van der Waals surface area contributed by atoms with Crippen molar-refractivity contribution in [1.29, 1.82) is 0 Å². The van der Waals surface area contributed by atoms with E-state index < -0.39 is 0 Å². The molecule has 0 spiro atoms. The molecule has 0 saturated carbocycles. The second kappa shape index (κ2) is 4.32. The lowest BCUT2D eigenvalue weighted by Gasteiger charge is -1.94. The van der Waals surface area contributed by atoms with Gasteiger partial charge in [-0.25, -0.2) is 4.98 Å². The van der Waals surface area contributed by atoms with Gasteiger partial charge in [0.1, 0.15) is 6.54 Å². The third-order valence-corrected chi connectivity index (χ3v) is 1.64. The van der Waals surface area contributed by atoms with E-state index in [0.717, 1.165) is 0 Å². The normalized spacial score (nSPS) is 8.67. The van der Waals surface area contributed by atoms with Gasteiger partial charge in [0.15, 0.2) is 5.13 Å². The van der Waals surface area contributed by atoms with E-state index >= 15 is 0 Å². The molecule has 1 aromatic heterocycles. The molecule has 0 aromatic carbocycles. The summed E-state index contributed by atoms with van der Waals surface area (Å²) >= 11 is 1.31. The fourth-order valence-electron chi connectivity index (χ4n) is 0.540. The summed E-state index contributed by atoms with van der Waals surface area (Å²) < 4.78 is 0. The third kappa shape index (κ3) is 2.57. The Morgan fingerprint density at radius 3 is 3.33 bits per heavy atom. The molecule has 0 bridgehead atoms. The summed E-state index contributed by atoms with van der Waals surface area (Å²) in [4.78, 5) is 17.1. The molecule has 0 aliphatic carbocycles. The minimum absolute atomic E-state index is 0.198. The summed E-state index contributed by atoms with van der Waals surface area (Å²) in [6.07, 6.45) is 1.58. The first-order valence-electron chi connectivity index (χ1n) is 3.03. The van der Waals surface area contributed by atoms with E-state index in [0.29, 0.717) is 5.13 Å². The van der Waals surface area contributed by atoms with Crippen LogP contribution in [0, 0.1) is 0 Å². The van der Waals surface area contributed by atoms with E-state index in [1.54, 1.807) is 11.6 Å². The lowest BCUT2D eigenvalue weighted by atomic mass is 10.6. The molecular weight excluding hydrogens is 178 g/mol. The molecule has 7 heteroatoms. The predicted octanol–water partition coefficient (Wildman–Crippen LogP) is 1.39. The molecule has 0 saturated heterocycles. The number of aromatic nitrogens is 1. The zero-order valence-electron chi connectivity index (χ0n) is 5.97. The fraction of sp³-hybridized carbons (Fsp3) is 0.200. The van der Waals surface area contributed by atoms with Gasteiger partial charge in [-0.05, 0) is 5.53 Å². The number of anilines is 1. The largest absolute Gasteiger partial charge is 0.302 e. The average molecular weight is 183 g/mol. The Hall–Kier alpha value is -1.59. The number of azide groups is 1. The Bertz CT molecular complexity index is 302. The highest BCUT2D eigenvalue weighted by atomic mass is 32.1. The molecule has 6 nitrogen and oxygen atoms in total. The molecule has 12 heavy (non-hydrogen) atoms. The van der Waals surface area contributed by atoms with E-state index in [9.17, 15) is 4.79 Å². The van der Waals surface area contributed by atoms with Crippen molar-refractivity contribution in [3.05, 3.63) is 22.0 Å². The van der Waals surface area contributed by atoms with Crippen molar-refractivity contribution in [3.63, 3.8) is 0 Å². The molecule has 1 heterocycles. The molecule has 1 amide bonds. The van der Waals surface area contributed by atoms with Gasteiger partial charge in [0.25, 0.3) is 0 Å². The average Bonchev–Trinajstić information content (AvgIpc) is 2.53. The molecule has 1 aromatic rings. The van der Waals surface area contributed by atoms with Crippen LogP contribution in [0.3, 0.4) is 0 Å². The molecule has 0 fully saturated rings. The summed E-state index contributed by atoms with van der Waals surface area (Å²) in [7, 11) is 0. The molecule has 0 atom stereocenters. The maximum absolute atomic E-state index is 10.9. The van der Waals surface area contributed by atoms with Crippen LogP contribution in [-0.2, 0) is 4.79 Å². The first kappa shape index (κ1) is 8.51. The second-order valence-electron chi connectivity index (χ2n) is 1.77. The highest BCUT2D eigenvalue weighted by Crippen LogP contribution is 2.09. The number of hydrogen-bond acceptors (Lipinski definition) is 4. The zero-order chi connectivity index (χ0) is 8.81. The topological polar surface area (TPSA) is 90.8 Å². The summed E-state index contributed by atoms with van der Waals surface area (Å²) in [6.45, 7) is -0.198. The second-order valence-corrected chi connectivity index (χ2v) is 2.67. The molecular formula is C5H5N5OS. The van der Waals surface area contributed by atoms with Gasteiger partial charge in [0, 0.05) is 16.5 Å². The van der Waals surface area contributed by atoms with Crippen LogP contribution in [0.5, 0.6) is 0 Å². The summed E-state index contributed by atoms with van der Waals surface area (Å²) in [5.41, 5.74) is 7.91. The minimum Gasteiger partial charge on any atom is -0.302 e. The quantitative estimate of drug-likeness (QED) is 0.435. The molecule has 0 aliphatic rings. The Morgan fingerprint density at radius 2 is 2.75 bits per heavy atom. The van der Waals surface area contributed by atoms with E-state index in [4.69, 9.17) is 5.53 Å². The monoisotopic (exact) mass is 183 g/mol. The Kier molecular flexibility index (Phi) is 3.06. The molecule has 62 valence electrons. The Morgan fingerprint density at radius 1 is 1.92 bits per heavy atom. The van der Waals surface area contributed by atoms with Gasteiger partial charge in [-0.3, -0.25) is 4.79 Å². The fourth-order valence-corrected chi connectivity index (χ4v) is 1.08. The van der Waals surface area contributed by atoms with Crippen molar-refractivity contribution in [2.75, 3.05) is 11.9 Å². The Balaban J connectivity index is 2.42. The van der Waals surface area contributed by atoms with Crippen LogP contribution in [0.25, 0.3) is 10.4 Å². The van der Waals surface area contributed by atoms with Gasteiger partial charge in [-0.1, -0.05) is 5.11 Å². The van der Waals surface area contributed by atoms with E-state index in [1.165, 1.54) is 11.3 Å². The number of nitrogens with zero attached hydrogens (tertiary/aromatic N) is 4. The van der Waals surface area contributed by atoms with Crippen molar-refractivity contribution in [2.45, 2.75) is 0 Å². The Labute approximate surface area is 71.9 Å². The number of carbonyl (C=O) groups is 1. The molecule has 0 aliphatic heterocycles. The molecule has 0 radical (unpaired) electrons. The first-order chi connectivity index (χ1) is 5.83. The number of nitrogens with one attached hydrogen (secondary N) is 1. The van der Waals surface area contributed by atoms with E-state index in [-0.39, 0.29) is 12.5 Å². The number of hydrogen-bond donors (Lipinski definition) is 1. The predicted molar refractivity (Wildman–Crippen MR) is 44.8 cm³/mol. The maximum atomic E-state index is 10.9. The molecule has 1 N–H and O–H groups in total. The smallest absolute Gasteiger partial charge is 0.232 e. The van der Waals surface area contributed by atoms with Crippen LogP contribution < -0.4 is 5.32 Å². The van der Waals surface area contributed by atoms with Crippen molar-refractivity contribution in [3.8, 4) is 0 Å². The summed E-state index contributed by atoms with van der Waals surface area (Å²) in [6, 6.07) is 0. The molecule has 0 unspecified atom stereocenters. The summed E-state index contributed by atoms with van der Waals surface area (Å²) in [5.74, 6) is -0.359. The van der Waals surface area contributed by atoms with Crippen LogP contribution in [0.1, 0.15) is 0 Å². The van der Waals surface area contributed by atoms with Crippen molar-refractivity contribution in [2.24, 2.45) is 5.11 Å². The van der Waals surface area contributed by atoms with Gasteiger partial charge in [0.05, 0.1) is 0 Å². The van der Waals surface area contributed by atoms with Gasteiger partial charge in [0.2, 0.25) is 5.91 Å². The van der Waals surface area contributed by atoms with Crippen LogP contribution in [0.15, 0.2) is 16.7 Å². The number of carbonyl (C=O) groups excluding carboxylic acids is 1. The van der Waals surface area contributed by atoms with Crippen LogP contribution in [0.2, 0.25) is 0 Å².